The van der Waals surface area contributed by atoms with Crippen LogP contribution in [0.2, 0.25) is 5.02 Å². The summed E-state index contributed by atoms with van der Waals surface area (Å²) in [7, 11) is 1.63. The van der Waals surface area contributed by atoms with Gasteiger partial charge in [0.1, 0.15) is 5.75 Å². The smallest absolute Gasteiger partial charge is 0.123 e. The summed E-state index contributed by atoms with van der Waals surface area (Å²) in [5, 5.41) is 0.320. The molecule has 0 aliphatic carbocycles. The Hall–Kier alpha value is 0.0300. The quantitative estimate of drug-likeness (QED) is 0.391. The second-order valence-electron chi connectivity index (χ2n) is 3.91. The fraction of sp³-hybridized carbons (Fsp3) is 0.143. The summed E-state index contributed by atoms with van der Waals surface area (Å²) >= 11 is 18.4. The number of hydrogen-bond donors (Lipinski definition) is 0. The van der Waals surface area contributed by atoms with Crippen molar-refractivity contribution in [2.24, 2.45) is 0 Å². The van der Waals surface area contributed by atoms with E-state index in [1.165, 1.54) is 0 Å². The van der Waals surface area contributed by atoms with E-state index in [-0.39, 0.29) is 5.38 Å². The second-order valence-corrected chi connectivity index (χ2v) is 6.89. The van der Waals surface area contributed by atoms with Crippen LogP contribution in [0.15, 0.2) is 40.9 Å². The molecule has 0 saturated heterocycles. The molecule has 0 N–H and O–H groups in total. The average molecular weight is 472 g/mol. The van der Waals surface area contributed by atoms with Crippen LogP contribution < -0.4 is 4.74 Å². The van der Waals surface area contributed by atoms with E-state index >= 15 is 0 Å². The van der Waals surface area contributed by atoms with Crippen molar-refractivity contribution < 1.29 is 4.74 Å². The molecule has 19 heavy (non-hydrogen) atoms. The standard InChI is InChI=1S/C14H10BrCl2IO/c1-19-13-5-2-8(16)6-11(13)14(17)10-7-9(18)3-4-12(10)15/h2-7,14H,1H3. The van der Waals surface area contributed by atoms with Crippen molar-refractivity contribution in [1.29, 1.82) is 0 Å². The van der Waals surface area contributed by atoms with Gasteiger partial charge in [0, 0.05) is 18.6 Å². The van der Waals surface area contributed by atoms with Crippen LogP contribution in [0.1, 0.15) is 16.5 Å². The lowest BCUT2D eigenvalue weighted by atomic mass is 10.0. The minimum Gasteiger partial charge on any atom is -0.496 e. The zero-order chi connectivity index (χ0) is 14.0. The molecule has 0 saturated carbocycles. The first kappa shape index (κ1) is 15.4. The SMILES string of the molecule is COc1ccc(Cl)cc1C(Cl)c1cc(I)ccc1Br. The Morgan fingerprint density at radius 1 is 1.16 bits per heavy atom. The van der Waals surface area contributed by atoms with Crippen molar-refractivity contribution in [3.05, 3.63) is 60.6 Å². The third-order valence-electron chi connectivity index (χ3n) is 2.70. The summed E-state index contributed by atoms with van der Waals surface area (Å²) in [5.74, 6) is 0.732. The number of benzene rings is 2. The zero-order valence-electron chi connectivity index (χ0n) is 9.96. The Labute approximate surface area is 144 Å². The van der Waals surface area contributed by atoms with E-state index < -0.39 is 0 Å². The van der Waals surface area contributed by atoms with Crippen LogP contribution in [-0.2, 0) is 0 Å². The number of alkyl halides is 1. The van der Waals surface area contributed by atoms with E-state index in [0.29, 0.717) is 5.02 Å². The molecule has 0 radical (unpaired) electrons. The molecule has 2 aromatic carbocycles. The maximum atomic E-state index is 6.59. The molecular weight excluding hydrogens is 462 g/mol. The van der Waals surface area contributed by atoms with Crippen molar-refractivity contribution >= 4 is 61.7 Å². The molecule has 1 unspecified atom stereocenters. The number of ether oxygens (including phenoxy) is 1. The maximum Gasteiger partial charge on any atom is 0.123 e. The van der Waals surface area contributed by atoms with Crippen LogP contribution in [-0.4, -0.2) is 7.11 Å². The molecule has 1 atom stereocenters. The molecule has 1 nitrogen and oxygen atoms in total. The van der Waals surface area contributed by atoms with Gasteiger partial charge in [-0.2, -0.15) is 0 Å². The molecule has 0 amide bonds. The van der Waals surface area contributed by atoms with Crippen LogP contribution in [0, 0.1) is 3.57 Å². The molecule has 2 aromatic rings. The average Bonchev–Trinajstić information content (AvgIpc) is 2.40. The first-order valence-electron chi connectivity index (χ1n) is 5.45. The molecule has 0 aliphatic rings. The van der Waals surface area contributed by atoms with Crippen molar-refractivity contribution in [3.8, 4) is 5.75 Å². The lowest BCUT2D eigenvalue weighted by molar-refractivity contribution is 0.410. The molecule has 0 bridgehead atoms. The molecule has 0 spiro atoms. The van der Waals surface area contributed by atoms with Gasteiger partial charge in [0.15, 0.2) is 0 Å². The number of halogens is 4. The van der Waals surface area contributed by atoms with Crippen molar-refractivity contribution in [3.63, 3.8) is 0 Å². The van der Waals surface area contributed by atoms with Gasteiger partial charge in [0.25, 0.3) is 0 Å². The van der Waals surface area contributed by atoms with Crippen molar-refractivity contribution in [2.45, 2.75) is 5.38 Å². The van der Waals surface area contributed by atoms with Crippen molar-refractivity contribution in [2.75, 3.05) is 7.11 Å². The van der Waals surface area contributed by atoms with Gasteiger partial charge in [0.2, 0.25) is 0 Å². The number of hydrogen-bond acceptors (Lipinski definition) is 1. The molecule has 0 aliphatic heterocycles. The van der Waals surface area contributed by atoms with Gasteiger partial charge in [-0.25, -0.2) is 0 Å². The van der Waals surface area contributed by atoms with Gasteiger partial charge >= 0.3 is 0 Å². The third-order valence-corrected chi connectivity index (χ3v) is 4.79. The van der Waals surface area contributed by atoms with Crippen LogP contribution in [0.3, 0.4) is 0 Å². The van der Waals surface area contributed by atoms with E-state index in [0.717, 1.165) is 24.9 Å². The van der Waals surface area contributed by atoms with Gasteiger partial charge in [-0.3, -0.25) is 0 Å². The van der Waals surface area contributed by atoms with Gasteiger partial charge < -0.3 is 4.74 Å². The highest BCUT2D eigenvalue weighted by atomic mass is 127. The minimum absolute atomic E-state index is 0.322. The Morgan fingerprint density at radius 2 is 1.89 bits per heavy atom. The Morgan fingerprint density at radius 3 is 2.58 bits per heavy atom. The summed E-state index contributed by atoms with van der Waals surface area (Å²) in [4.78, 5) is 0. The fourth-order valence-electron chi connectivity index (χ4n) is 1.78. The summed E-state index contributed by atoms with van der Waals surface area (Å²) < 4.78 is 7.45. The highest BCUT2D eigenvalue weighted by Crippen LogP contribution is 2.39. The summed E-state index contributed by atoms with van der Waals surface area (Å²) in [5.41, 5.74) is 1.86. The molecular formula is C14H10BrCl2IO. The zero-order valence-corrected chi connectivity index (χ0v) is 15.2. The van der Waals surface area contributed by atoms with Crippen LogP contribution in [0.25, 0.3) is 0 Å². The van der Waals surface area contributed by atoms with Crippen molar-refractivity contribution in [1.82, 2.24) is 0 Å². The van der Waals surface area contributed by atoms with E-state index in [1.807, 2.05) is 30.3 Å². The predicted molar refractivity (Wildman–Crippen MR) is 92.6 cm³/mol. The topological polar surface area (TPSA) is 9.23 Å². The number of rotatable bonds is 3. The van der Waals surface area contributed by atoms with Gasteiger partial charge in [0.05, 0.1) is 12.5 Å². The molecule has 0 fully saturated rings. The summed E-state index contributed by atoms with van der Waals surface area (Å²) in [6.07, 6.45) is 0. The predicted octanol–water partition coefficient (Wildman–Crippen LogP) is 6.04. The Balaban J connectivity index is 2.51. The second kappa shape index (κ2) is 6.66. The van der Waals surface area contributed by atoms with E-state index in [1.54, 1.807) is 13.2 Å². The number of methoxy groups -OCH3 is 1. The molecule has 0 heterocycles. The highest BCUT2D eigenvalue weighted by molar-refractivity contribution is 14.1. The highest BCUT2D eigenvalue weighted by Gasteiger charge is 2.18. The molecule has 0 aromatic heterocycles. The van der Waals surface area contributed by atoms with Crippen LogP contribution in [0.4, 0.5) is 0 Å². The normalized spacial score (nSPS) is 12.3. The molecule has 100 valence electrons. The van der Waals surface area contributed by atoms with Gasteiger partial charge in [-0.15, -0.1) is 11.6 Å². The van der Waals surface area contributed by atoms with Crippen LogP contribution in [0.5, 0.6) is 5.75 Å². The summed E-state index contributed by atoms with van der Waals surface area (Å²) in [6.45, 7) is 0. The third kappa shape index (κ3) is 3.57. The Bertz CT molecular complexity index is 604. The largest absolute Gasteiger partial charge is 0.496 e. The Kier molecular flexibility index (Phi) is 5.40. The first-order valence-corrected chi connectivity index (χ1v) is 8.14. The lowest BCUT2D eigenvalue weighted by Gasteiger charge is -2.16. The molecule has 2 rings (SSSR count). The minimum atomic E-state index is -0.322. The van der Waals surface area contributed by atoms with E-state index in [9.17, 15) is 0 Å². The first-order chi connectivity index (χ1) is 9.02. The maximum absolute atomic E-state index is 6.59. The lowest BCUT2D eigenvalue weighted by Crippen LogP contribution is -1.99. The van der Waals surface area contributed by atoms with E-state index in [4.69, 9.17) is 27.9 Å². The van der Waals surface area contributed by atoms with Gasteiger partial charge in [-0.05, 0) is 64.6 Å². The van der Waals surface area contributed by atoms with E-state index in [2.05, 4.69) is 38.5 Å². The molecule has 5 heteroatoms. The van der Waals surface area contributed by atoms with Gasteiger partial charge in [-0.1, -0.05) is 27.5 Å². The monoisotopic (exact) mass is 470 g/mol. The summed E-state index contributed by atoms with van der Waals surface area (Å²) in [6, 6.07) is 11.5. The van der Waals surface area contributed by atoms with Crippen LogP contribution >= 0.6 is 61.7 Å². The fourth-order valence-corrected chi connectivity index (χ4v) is 3.43.